The summed E-state index contributed by atoms with van der Waals surface area (Å²) in [6, 6.07) is 5.74. The van der Waals surface area contributed by atoms with Gasteiger partial charge in [-0.2, -0.15) is 0 Å². The molecular weight excluding hydrogens is 370 g/mol. The summed E-state index contributed by atoms with van der Waals surface area (Å²) >= 11 is 0. The number of likely N-dealkylation sites (tertiary alicyclic amines) is 1. The van der Waals surface area contributed by atoms with Crippen LogP contribution in [0.25, 0.3) is 11.0 Å². The zero-order chi connectivity index (χ0) is 20.6. The predicted octanol–water partition coefficient (Wildman–Crippen LogP) is 3.23. The van der Waals surface area contributed by atoms with Crippen molar-refractivity contribution in [3.63, 3.8) is 0 Å². The molecule has 8 heteroatoms. The maximum absolute atomic E-state index is 13.1. The molecule has 2 aromatic heterocycles. The van der Waals surface area contributed by atoms with Crippen molar-refractivity contribution in [3.8, 4) is 0 Å². The van der Waals surface area contributed by atoms with Gasteiger partial charge >= 0.3 is 0 Å². The average molecular weight is 395 g/mol. The van der Waals surface area contributed by atoms with Crippen molar-refractivity contribution in [2.24, 2.45) is 5.41 Å². The number of rotatable bonds is 4. The summed E-state index contributed by atoms with van der Waals surface area (Å²) in [6.45, 7) is 7.46. The maximum Gasteiger partial charge on any atom is 0.275 e. The van der Waals surface area contributed by atoms with Crippen LogP contribution >= 0.6 is 0 Å². The number of aromatic nitrogens is 3. The van der Waals surface area contributed by atoms with E-state index >= 15 is 0 Å². The highest BCUT2D eigenvalue weighted by atomic mass is 16.3. The molecule has 4 rings (SSSR count). The van der Waals surface area contributed by atoms with Crippen LogP contribution in [0.2, 0.25) is 0 Å². The van der Waals surface area contributed by atoms with Crippen molar-refractivity contribution in [3.05, 3.63) is 42.4 Å². The number of imidazole rings is 1. The third kappa shape index (κ3) is 3.62. The Labute approximate surface area is 168 Å². The molecule has 152 valence electrons. The van der Waals surface area contributed by atoms with Crippen molar-refractivity contribution in [1.82, 2.24) is 19.4 Å². The highest BCUT2D eigenvalue weighted by Gasteiger charge is 2.40. The molecule has 0 bridgehead atoms. The topological polar surface area (TPSA) is 93.3 Å². The van der Waals surface area contributed by atoms with Gasteiger partial charge in [-0.05, 0) is 44.9 Å². The van der Waals surface area contributed by atoms with Crippen LogP contribution in [0.5, 0.6) is 0 Å². The molecule has 0 spiro atoms. The van der Waals surface area contributed by atoms with Gasteiger partial charge in [-0.1, -0.05) is 0 Å². The largest absolute Gasteiger partial charge is 0.448 e. The number of oxazole rings is 1. The normalized spacial score (nSPS) is 19.5. The number of hydrogen-bond acceptors (Lipinski definition) is 5. The Morgan fingerprint density at radius 1 is 1.34 bits per heavy atom. The molecule has 1 atom stereocenters. The standard InChI is InChI=1S/C21H25N5O3/c1-4-25-13-22-16-10-15(6-7-18(16)25)24-20(28)21(3)8-5-9-26(12-21)19(27)17-11-29-14(2)23-17/h6-7,10-11,13H,4-5,8-9,12H2,1-3H3,(H,24,28)/t21-/m1/s1. The van der Waals surface area contributed by atoms with Crippen molar-refractivity contribution in [2.45, 2.75) is 40.2 Å². The molecule has 3 heterocycles. The number of nitrogens with one attached hydrogen (secondary N) is 1. The maximum atomic E-state index is 13.1. The Morgan fingerprint density at radius 3 is 2.90 bits per heavy atom. The molecule has 8 nitrogen and oxygen atoms in total. The van der Waals surface area contributed by atoms with E-state index in [0.29, 0.717) is 31.1 Å². The zero-order valence-electron chi connectivity index (χ0n) is 16.9. The molecule has 3 aromatic rings. The highest BCUT2D eigenvalue weighted by molar-refractivity contribution is 5.98. The Hall–Kier alpha value is -3.16. The molecule has 1 saturated heterocycles. The Kier molecular flexibility index (Phi) is 4.86. The Morgan fingerprint density at radius 2 is 2.17 bits per heavy atom. The minimum atomic E-state index is -0.676. The van der Waals surface area contributed by atoms with Gasteiger partial charge in [0.25, 0.3) is 5.91 Å². The fraction of sp³-hybridized carbons (Fsp3) is 0.429. The summed E-state index contributed by atoms with van der Waals surface area (Å²) in [6.07, 6.45) is 4.64. The van der Waals surface area contributed by atoms with E-state index in [0.717, 1.165) is 24.0 Å². The molecule has 0 unspecified atom stereocenters. The van der Waals surface area contributed by atoms with E-state index in [9.17, 15) is 9.59 Å². The van der Waals surface area contributed by atoms with E-state index in [1.54, 1.807) is 18.2 Å². The highest BCUT2D eigenvalue weighted by Crippen LogP contribution is 2.32. The molecule has 1 aromatic carbocycles. The van der Waals surface area contributed by atoms with E-state index in [2.05, 4.69) is 26.8 Å². The van der Waals surface area contributed by atoms with Gasteiger partial charge in [0.2, 0.25) is 5.91 Å². The molecule has 0 saturated carbocycles. The molecule has 0 aliphatic carbocycles. The Balaban J connectivity index is 1.49. The van der Waals surface area contributed by atoms with Gasteiger partial charge in [0.15, 0.2) is 11.6 Å². The van der Waals surface area contributed by atoms with E-state index in [4.69, 9.17) is 4.42 Å². The third-order valence-electron chi connectivity index (χ3n) is 5.59. The van der Waals surface area contributed by atoms with Crippen LogP contribution in [-0.4, -0.2) is 44.3 Å². The van der Waals surface area contributed by atoms with Crippen molar-refractivity contribution < 1.29 is 14.0 Å². The van der Waals surface area contributed by atoms with Crippen LogP contribution in [0.15, 0.2) is 35.2 Å². The fourth-order valence-electron chi connectivity index (χ4n) is 3.90. The summed E-state index contributed by atoms with van der Waals surface area (Å²) < 4.78 is 7.21. The van der Waals surface area contributed by atoms with E-state index < -0.39 is 5.41 Å². The van der Waals surface area contributed by atoms with Crippen LogP contribution < -0.4 is 5.32 Å². The number of carbonyl (C=O) groups is 2. The average Bonchev–Trinajstić information content (AvgIpc) is 3.33. The molecule has 1 N–H and O–H groups in total. The predicted molar refractivity (Wildman–Crippen MR) is 109 cm³/mol. The second-order valence-corrected chi connectivity index (χ2v) is 7.83. The van der Waals surface area contributed by atoms with Gasteiger partial charge in [-0.3, -0.25) is 9.59 Å². The first-order chi connectivity index (χ1) is 13.9. The number of piperidine rings is 1. The monoisotopic (exact) mass is 395 g/mol. The number of nitrogens with zero attached hydrogens (tertiary/aromatic N) is 4. The minimum Gasteiger partial charge on any atom is -0.448 e. The second kappa shape index (κ2) is 7.35. The molecular formula is C21H25N5O3. The van der Waals surface area contributed by atoms with Gasteiger partial charge in [0.1, 0.15) is 6.26 Å². The zero-order valence-corrected chi connectivity index (χ0v) is 16.9. The first-order valence-corrected chi connectivity index (χ1v) is 9.87. The SMILES string of the molecule is CCn1cnc2cc(NC(=O)[C@]3(C)CCCN(C(=O)c4coc(C)n4)C3)ccc21. The summed E-state index contributed by atoms with van der Waals surface area (Å²) in [7, 11) is 0. The number of anilines is 1. The molecule has 0 radical (unpaired) electrons. The van der Waals surface area contributed by atoms with E-state index in [-0.39, 0.29) is 17.5 Å². The number of aryl methyl sites for hydroxylation is 2. The van der Waals surface area contributed by atoms with Crippen LogP contribution in [0.4, 0.5) is 5.69 Å². The number of amides is 2. The fourth-order valence-corrected chi connectivity index (χ4v) is 3.90. The van der Waals surface area contributed by atoms with Crippen LogP contribution in [-0.2, 0) is 11.3 Å². The van der Waals surface area contributed by atoms with Crippen LogP contribution in [0, 0.1) is 12.3 Å². The summed E-state index contributed by atoms with van der Waals surface area (Å²) in [5.41, 5.74) is 2.19. The van der Waals surface area contributed by atoms with Gasteiger partial charge in [0.05, 0.1) is 22.8 Å². The van der Waals surface area contributed by atoms with Gasteiger partial charge in [-0.25, -0.2) is 9.97 Å². The first kappa shape index (κ1) is 19.2. The van der Waals surface area contributed by atoms with Crippen LogP contribution in [0.3, 0.4) is 0 Å². The van der Waals surface area contributed by atoms with E-state index in [1.807, 2.05) is 25.1 Å². The lowest BCUT2D eigenvalue weighted by Gasteiger charge is -2.39. The molecule has 2 amide bonds. The molecule has 29 heavy (non-hydrogen) atoms. The summed E-state index contributed by atoms with van der Waals surface area (Å²) in [4.78, 5) is 36.0. The molecule has 1 aliphatic rings. The molecule has 1 aliphatic heterocycles. The number of benzene rings is 1. The second-order valence-electron chi connectivity index (χ2n) is 7.83. The van der Waals surface area contributed by atoms with Gasteiger partial charge in [0, 0.05) is 32.2 Å². The lowest BCUT2D eigenvalue weighted by Crippen LogP contribution is -2.50. The van der Waals surface area contributed by atoms with Crippen molar-refractivity contribution in [2.75, 3.05) is 18.4 Å². The Bertz CT molecular complexity index is 1070. The first-order valence-electron chi connectivity index (χ1n) is 9.87. The lowest BCUT2D eigenvalue weighted by molar-refractivity contribution is -0.127. The third-order valence-corrected chi connectivity index (χ3v) is 5.59. The number of hydrogen-bond donors (Lipinski definition) is 1. The number of fused-ring (bicyclic) bond motifs is 1. The smallest absolute Gasteiger partial charge is 0.275 e. The van der Waals surface area contributed by atoms with Crippen molar-refractivity contribution in [1.29, 1.82) is 0 Å². The lowest BCUT2D eigenvalue weighted by atomic mass is 9.80. The van der Waals surface area contributed by atoms with Gasteiger partial charge in [-0.15, -0.1) is 0 Å². The van der Waals surface area contributed by atoms with Gasteiger partial charge < -0.3 is 19.2 Å². The minimum absolute atomic E-state index is 0.0967. The van der Waals surface area contributed by atoms with Crippen LogP contribution in [0.1, 0.15) is 43.1 Å². The number of carbonyl (C=O) groups excluding carboxylic acids is 2. The summed E-state index contributed by atoms with van der Waals surface area (Å²) in [5.74, 6) is 0.152. The van der Waals surface area contributed by atoms with E-state index in [1.165, 1.54) is 6.26 Å². The molecule has 1 fully saturated rings. The quantitative estimate of drug-likeness (QED) is 0.732. The van der Waals surface area contributed by atoms with Crippen molar-refractivity contribution >= 4 is 28.5 Å². The summed E-state index contributed by atoms with van der Waals surface area (Å²) in [5, 5.41) is 3.01.